The van der Waals surface area contributed by atoms with Crippen molar-refractivity contribution >= 4 is 27.5 Å². The van der Waals surface area contributed by atoms with E-state index in [2.05, 4.69) is 40.3 Å². The fraction of sp³-hybridized carbons (Fsp3) is 0.294. The zero-order valence-electron chi connectivity index (χ0n) is 12.1. The first-order valence-electron chi connectivity index (χ1n) is 6.94. The van der Waals surface area contributed by atoms with E-state index in [0.717, 1.165) is 16.6 Å². The van der Waals surface area contributed by atoms with Crippen LogP contribution >= 0.6 is 27.5 Å². The summed E-state index contributed by atoms with van der Waals surface area (Å²) in [5.41, 5.74) is 2.95. The molecule has 4 heteroatoms. The third-order valence-electron chi connectivity index (χ3n) is 3.47. The lowest BCUT2D eigenvalue weighted by Crippen LogP contribution is -2.23. The average Bonchev–Trinajstić information content (AvgIpc) is 2.45. The molecule has 1 atom stereocenters. The molecule has 0 heterocycles. The van der Waals surface area contributed by atoms with Gasteiger partial charge in [-0.2, -0.15) is 0 Å². The first-order valence-corrected chi connectivity index (χ1v) is 8.11. The molecule has 21 heavy (non-hydrogen) atoms. The van der Waals surface area contributed by atoms with Crippen LogP contribution in [0.25, 0.3) is 0 Å². The summed E-state index contributed by atoms with van der Waals surface area (Å²) in [7, 11) is 0. The largest absolute Gasteiger partial charge is 0.310 e. The van der Waals surface area contributed by atoms with Crippen LogP contribution in [-0.2, 0) is 6.42 Å². The second kappa shape index (κ2) is 7.39. The summed E-state index contributed by atoms with van der Waals surface area (Å²) < 4.78 is 15.0. The van der Waals surface area contributed by atoms with Crippen LogP contribution in [0.1, 0.15) is 29.7 Å². The van der Waals surface area contributed by atoms with Crippen LogP contribution in [0.3, 0.4) is 0 Å². The molecule has 0 saturated carbocycles. The maximum Gasteiger partial charge on any atom is 0.126 e. The number of rotatable bonds is 5. The molecular weight excluding hydrogens is 353 g/mol. The second-order valence-electron chi connectivity index (χ2n) is 5.06. The third-order valence-corrected chi connectivity index (χ3v) is 4.59. The highest BCUT2D eigenvalue weighted by atomic mass is 79.9. The van der Waals surface area contributed by atoms with Crippen molar-refractivity contribution < 1.29 is 4.39 Å². The van der Waals surface area contributed by atoms with E-state index in [1.165, 1.54) is 11.6 Å². The van der Waals surface area contributed by atoms with Crippen molar-refractivity contribution in [3.05, 3.63) is 68.4 Å². The summed E-state index contributed by atoms with van der Waals surface area (Å²) in [6, 6.07) is 11.0. The molecule has 0 bridgehead atoms. The molecule has 1 nitrogen and oxygen atoms in total. The Morgan fingerprint density at radius 3 is 2.67 bits per heavy atom. The van der Waals surface area contributed by atoms with Crippen molar-refractivity contribution in [3.8, 4) is 0 Å². The highest BCUT2D eigenvalue weighted by Gasteiger charge is 2.15. The normalized spacial score (nSPS) is 12.4. The maximum absolute atomic E-state index is 13.9. The highest BCUT2D eigenvalue weighted by Crippen LogP contribution is 2.26. The number of aryl methyl sites for hydroxylation is 1. The van der Waals surface area contributed by atoms with E-state index in [4.69, 9.17) is 11.6 Å². The van der Waals surface area contributed by atoms with Crippen LogP contribution in [-0.4, -0.2) is 6.54 Å². The molecular formula is C17H18BrClFN. The zero-order valence-corrected chi connectivity index (χ0v) is 14.4. The Balaban J connectivity index is 2.30. The van der Waals surface area contributed by atoms with Gasteiger partial charge in [-0.15, -0.1) is 0 Å². The predicted octanol–water partition coefficient (Wildman–Crippen LogP) is 5.44. The smallest absolute Gasteiger partial charge is 0.126 e. The second-order valence-corrected chi connectivity index (χ2v) is 6.35. The molecule has 1 N–H and O–H groups in total. The molecule has 2 rings (SSSR count). The van der Waals surface area contributed by atoms with Crippen molar-refractivity contribution in [2.24, 2.45) is 0 Å². The monoisotopic (exact) mass is 369 g/mol. The lowest BCUT2D eigenvalue weighted by Gasteiger charge is -2.20. The minimum Gasteiger partial charge on any atom is -0.310 e. The Morgan fingerprint density at radius 1 is 1.24 bits per heavy atom. The van der Waals surface area contributed by atoms with E-state index in [-0.39, 0.29) is 11.9 Å². The zero-order chi connectivity index (χ0) is 15.4. The first-order chi connectivity index (χ1) is 10.0. The van der Waals surface area contributed by atoms with Gasteiger partial charge in [-0.05, 0) is 60.8 Å². The minimum absolute atomic E-state index is 0.0646. The van der Waals surface area contributed by atoms with Crippen LogP contribution in [0.5, 0.6) is 0 Å². The Bertz CT molecular complexity index is 630. The third kappa shape index (κ3) is 4.29. The fourth-order valence-electron chi connectivity index (χ4n) is 2.36. The van der Waals surface area contributed by atoms with Gasteiger partial charge in [0.2, 0.25) is 0 Å². The number of hydrogen-bond donors (Lipinski definition) is 1. The average molecular weight is 371 g/mol. The molecule has 0 fully saturated rings. The van der Waals surface area contributed by atoms with Crippen molar-refractivity contribution in [2.75, 3.05) is 6.54 Å². The van der Waals surface area contributed by atoms with Gasteiger partial charge in [-0.25, -0.2) is 4.39 Å². The summed E-state index contributed by atoms with van der Waals surface area (Å²) in [4.78, 5) is 0. The maximum atomic E-state index is 13.9. The van der Waals surface area contributed by atoms with Gasteiger partial charge < -0.3 is 5.32 Å². The Hall–Kier alpha value is -0.900. The van der Waals surface area contributed by atoms with Gasteiger partial charge in [0.05, 0.1) is 0 Å². The first kappa shape index (κ1) is 16.5. The Morgan fingerprint density at radius 2 is 2.00 bits per heavy atom. The summed E-state index contributed by atoms with van der Waals surface area (Å²) >= 11 is 9.48. The topological polar surface area (TPSA) is 12.0 Å². The molecule has 0 aromatic heterocycles. The number of benzene rings is 2. The van der Waals surface area contributed by atoms with E-state index in [9.17, 15) is 4.39 Å². The standard InChI is InChI=1S/C17H18BrClFN/c1-3-21-17(12-4-6-15(18)11(2)8-12)10-13-9-14(19)5-7-16(13)20/h4-9,17,21H,3,10H2,1-2H3. The number of hydrogen-bond acceptors (Lipinski definition) is 1. The summed E-state index contributed by atoms with van der Waals surface area (Å²) in [6.45, 7) is 4.92. The molecule has 1 unspecified atom stereocenters. The molecule has 0 aliphatic carbocycles. The van der Waals surface area contributed by atoms with Crippen molar-refractivity contribution in [2.45, 2.75) is 26.3 Å². The van der Waals surface area contributed by atoms with Crippen LogP contribution < -0.4 is 5.32 Å². The molecule has 0 aliphatic rings. The summed E-state index contributed by atoms with van der Waals surface area (Å²) in [5, 5.41) is 3.98. The van der Waals surface area contributed by atoms with E-state index in [0.29, 0.717) is 17.0 Å². The van der Waals surface area contributed by atoms with Crippen LogP contribution in [0, 0.1) is 12.7 Å². The van der Waals surface area contributed by atoms with E-state index < -0.39 is 0 Å². The van der Waals surface area contributed by atoms with E-state index >= 15 is 0 Å². The van der Waals surface area contributed by atoms with Gasteiger partial charge in [0.15, 0.2) is 0 Å². The van der Waals surface area contributed by atoms with Crippen molar-refractivity contribution in [1.82, 2.24) is 5.32 Å². The van der Waals surface area contributed by atoms with E-state index in [1.807, 2.05) is 13.0 Å². The summed E-state index contributed by atoms with van der Waals surface area (Å²) in [6.07, 6.45) is 0.571. The van der Waals surface area contributed by atoms with Gasteiger partial charge in [-0.1, -0.05) is 46.6 Å². The van der Waals surface area contributed by atoms with Crippen LogP contribution in [0.4, 0.5) is 4.39 Å². The lowest BCUT2D eigenvalue weighted by atomic mass is 9.97. The molecule has 0 radical (unpaired) electrons. The van der Waals surface area contributed by atoms with Crippen LogP contribution in [0.2, 0.25) is 5.02 Å². The van der Waals surface area contributed by atoms with Gasteiger partial charge in [-0.3, -0.25) is 0 Å². The minimum atomic E-state index is -0.212. The molecule has 2 aromatic rings. The predicted molar refractivity (Wildman–Crippen MR) is 90.4 cm³/mol. The van der Waals surface area contributed by atoms with Gasteiger partial charge in [0.1, 0.15) is 5.82 Å². The van der Waals surface area contributed by atoms with E-state index in [1.54, 1.807) is 12.1 Å². The number of nitrogens with one attached hydrogen (secondary N) is 1. The number of likely N-dealkylation sites (N-methyl/N-ethyl adjacent to an activating group) is 1. The fourth-order valence-corrected chi connectivity index (χ4v) is 2.80. The molecule has 0 amide bonds. The Labute approximate surface area is 138 Å². The molecule has 0 aliphatic heterocycles. The molecule has 2 aromatic carbocycles. The quantitative estimate of drug-likeness (QED) is 0.738. The van der Waals surface area contributed by atoms with Crippen molar-refractivity contribution in [3.63, 3.8) is 0 Å². The van der Waals surface area contributed by atoms with Gasteiger partial charge in [0, 0.05) is 15.5 Å². The summed E-state index contributed by atoms with van der Waals surface area (Å²) in [5.74, 6) is -0.212. The highest BCUT2D eigenvalue weighted by molar-refractivity contribution is 9.10. The molecule has 0 spiro atoms. The molecule has 112 valence electrons. The Kier molecular flexibility index (Phi) is 5.80. The number of halogens is 3. The molecule has 0 saturated heterocycles. The van der Waals surface area contributed by atoms with Gasteiger partial charge in [0.25, 0.3) is 0 Å². The van der Waals surface area contributed by atoms with Gasteiger partial charge >= 0.3 is 0 Å². The lowest BCUT2D eigenvalue weighted by molar-refractivity contribution is 0.528. The van der Waals surface area contributed by atoms with Crippen LogP contribution in [0.15, 0.2) is 40.9 Å². The SMILES string of the molecule is CCNC(Cc1cc(Cl)ccc1F)c1ccc(Br)c(C)c1. The van der Waals surface area contributed by atoms with Crippen molar-refractivity contribution in [1.29, 1.82) is 0 Å².